The summed E-state index contributed by atoms with van der Waals surface area (Å²) in [5.41, 5.74) is 0.930. The Balaban J connectivity index is 0.00000162. The lowest BCUT2D eigenvalue weighted by molar-refractivity contribution is -0.133. The first-order chi connectivity index (χ1) is 8.27. The Kier molecular flexibility index (Phi) is 8.72. The highest BCUT2D eigenvalue weighted by atomic mass is 35.5. The van der Waals surface area contributed by atoms with Gasteiger partial charge in [-0.1, -0.05) is 12.5 Å². The van der Waals surface area contributed by atoms with Gasteiger partial charge in [0, 0.05) is 13.2 Å². The molecule has 1 saturated heterocycles. The number of pyridine rings is 1. The number of halogens is 2. The van der Waals surface area contributed by atoms with Gasteiger partial charge in [0.25, 0.3) is 0 Å². The Morgan fingerprint density at radius 2 is 2.21 bits per heavy atom. The minimum Gasteiger partial charge on any atom is -0.339 e. The Labute approximate surface area is 126 Å². The Morgan fingerprint density at radius 1 is 1.42 bits per heavy atom. The Hall–Kier alpha value is -0.840. The maximum absolute atomic E-state index is 12.1. The average Bonchev–Trinajstić information content (AvgIpc) is 2.40. The zero-order valence-corrected chi connectivity index (χ0v) is 12.7. The average molecular weight is 306 g/mol. The lowest BCUT2D eigenvalue weighted by Gasteiger charge is -2.27. The van der Waals surface area contributed by atoms with Gasteiger partial charge in [-0.05, 0) is 31.5 Å². The van der Waals surface area contributed by atoms with E-state index in [-0.39, 0.29) is 36.8 Å². The van der Waals surface area contributed by atoms with Gasteiger partial charge in [0.1, 0.15) is 0 Å². The molecule has 6 heteroatoms. The van der Waals surface area contributed by atoms with Gasteiger partial charge in [0.15, 0.2) is 0 Å². The molecule has 0 bridgehead atoms. The fraction of sp³-hybridized carbons (Fsp3) is 0.538. The molecule has 1 aromatic rings. The van der Waals surface area contributed by atoms with Crippen LogP contribution in [0.3, 0.4) is 0 Å². The van der Waals surface area contributed by atoms with Gasteiger partial charge in [0.2, 0.25) is 5.91 Å². The smallest absolute Gasteiger partial charge is 0.239 e. The van der Waals surface area contributed by atoms with Crippen molar-refractivity contribution in [2.75, 3.05) is 13.6 Å². The van der Waals surface area contributed by atoms with Crippen molar-refractivity contribution in [3.63, 3.8) is 0 Å². The summed E-state index contributed by atoms with van der Waals surface area (Å²) in [6, 6.07) is 5.77. The van der Waals surface area contributed by atoms with Crippen LogP contribution in [0.4, 0.5) is 0 Å². The van der Waals surface area contributed by atoms with Crippen LogP contribution in [0.5, 0.6) is 0 Å². The molecular formula is C13H21Cl2N3O. The van der Waals surface area contributed by atoms with E-state index in [1.807, 2.05) is 25.2 Å². The highest BCUT2D eigenvalue weighted by molar-refractivity contribution is 5.85. The molecule has 0 aliphatic carbocycles. The summed E-state index contributed by atoms with van der Waals surface area (Å²) in [5.74, 6) is 0.176. The molecule has 1 atom stereocenters. The predicted octanol–water partition coefficient (Wildman–Crippen LogP) is 2.03. The lowest BCUT2D eigenvalue weighted by atomic mass is 10.0. The maximum atomic E-state index is 12.1. The summed E-state index contributed by atoms with van der Waals surface area (Å²) in [4.78, 5) is 18.1. The molecule has 1 aliphatic rings. The largest absolute Gasteiger partial charge is 0.339 e. The summed E-state index contributed by atoms with van der Waals surface area (Å²) >= 11 is 0. The molecule has 2 rings (SSSR count). The number of amides is 1. The molecule has 1 aliphatic heterocycles. The van der Waals surface area contributed by atoms with Crippen LogP contribution < -0.4 is 5.32 Å². The number of carbonyl (C=O) groups excluding carboxylic acids is 1. The molecule has 1 N–H and O–H groups in total. The minimum absolute atomic E-state index is 0. The summed E-state index contributed by atoms with van der Waals surface area (Å²) in [6.07, 6.45) is 5.02. The molecule has 0 spiro atoms. The molecular weight excluding hydrogens is 285 g/mol. The zero-order chi connectivity index (χ0) is 12.1. The molecule has 0 unspecified atom stereocenters. The second-order valence-electron chi connectivity index (χ2n) is 4.52. The number of aromatic nitrogens is 1. The summed E-state index contributed by atoms with van der Waals surface area (Å²) in [5, 5.41) is 3.27. The van der Waals surface area contributed by atoms with E-state index < -0.39 is 0 Å². The van der Waals surface area contributed by atoms with Crippen LogP contribution in [0.25, 0.3) is 0 Å². The van der Waals surface area contributed by atoms with Crippen molar-refractivity contribution in [2.45, 2.75) is 31.8 Å². The van der Waals surface area contributed by atoms with E-state index in [0.29, 0.717) is 6.54 Å². The highest BCUT2D eigenvalue weighted by Crippen LogP contribution is 2.10. The normalized spacial score (nSPS) is 17.8. The third-order valence-corrected chi connectivity index (χ3v) is 3.11. The first-order valence-corrected chi connectivity index (χ1v) is 6.15. The first kappa shape index (κ1) is 18.2. The van der Waals surface area contributed by atoms with Gasteiger partial charge >= 0.3 is 0 Å². The quantitative estimate of drug-likeness (QED) is 0.929. The second-order valence-corrected chi connectivity index (χ2v) is 4.52. The lowest BCUT2D eigenvalue weighted by Crippen LogP contribution is -2.47. The van der Waals surface area contributed by atoms with Crippen LogP contribution in [0.15, 0.2) is 24.4 Å². The topological polar surface area (TPSA) is 45.2 Å². The fourth-order valence-corrected chi connectivity index (χ4v) is 2.14. The van der Waals surface area contributed by atoms with E-state index in [4.69, 9.17) is 0 Å². The van der Waals surface area contributed by atoms with Crippen LogP contribution in [-0.2, 0) is 11.3 Å². The molecule has 1 fully saturated rings. The van der Waals surface area contributed by atoms with E-state index in [1.165, 1.54) is 6.42 Å². The second kappa shape index (κ2) is 9.13. The van der Waals surface area contributed by atoms with Crippen LogP contribution in [0, 0.1) is 0 Å². The van der Waals surface area contributed by atoms with Crippen molar-refractivity contribution < 1.29 is 4.79 Å². The summed E-state index contributed by atoms with van der Waals surface area (Å²) in [6.45, 7) is 1.53. The van der Waals surface area contributed by atoms with E-state index in [0.717, 1.165) is 25.1 Å². The number of rotatable bonds is 3. The molecule has 0 radical (unpaired) electrons. The van der Waals surface area contributed by atoms with E-state index >= 15 is 0 Å². The van der Waals surface area contributed by atoms with Crippen molar-refractivity contribution in [1.29, 1.82) is 0 Å². The number of carbonyl (C=O) groups is 1. The number of nitrogens with one attached hydrogen (secondary N) is 1. The van der Waals surface area contributed by atoms with Crippen molar-refractivity contribution in [1.82, 2.24) is 15.2 Å². The van der Waals surface area contributed by atoms with E-state index in [2.05, 4.69) is 10.3 Å². The van der Waals surface area contributed by atoms with Crippen LogP contribution in [0.1, 0.15) is 25.0 Å². The third-order valence-electron chi connectivity index (χ3n) is 3.11. The third kappa shape index (κ3) is 5.35. The Morgan fingerprint density at radius 3 is 2.79 bits per heavy atom. The van der Waals surface area contributed by atoms with Crippen LogP contribution >= 0.6 is 24.8 Å². The summed E-state index contributed by atoms with van der Waals surface area (Å²) < 4.78 is 0. The molecule has 108 valence electrons. The van der Waals surface area contributed by atoms with Crippen molar-refractivity contribution in [3.05, 3.63) is 30.1 Å². The zero-order valence-electron chi connectivity index (χ0n) is 11.0. The SMILES string of the molecule is CN(Cc1ccccn1)C(=O)[C@H]1CCCCN1.Cl.Cl. The van der Waals surface area contributed by atoms with Gasteiger partial charge in [-0.3, -0.25) is 9.78 Å². The van der Waals surface area contributed by atoms with Gasteiger partial charge in [-0.2, -0.15) is 0 Å². The predicted molar refractivity (Wildman–Crippen MR) is 80.8 cm³/mol. The number of piperidine rings is 1. The van der Waals surface area contributed by atoms with Crippen LogP contribution in [0.2, 0.25) is 0 Å². The molecule has 0 saturated carbocycles. The summed E-state index contributed by atoms with van der Waals surface area (Å²) in [7, 11) is 1.84. The fourth-order valence-electron chi connectivity index (χ4n) is 2.14. The maximum Gasteiger partial charge on any atom is 0.239 e. The van der Waals surface area contributed by atoms with Gasteiger partial charge < -0.3 is 10.2 Å². The van der Waals surface area contributed by atoms with Crippen molar-refractivity contribution >= 4 is 30.7 Å². The molecule has 19 heavy (non-hydrogen) atoms. The molecule has 1 aromatic heterocycles. The van der Waals surface area contributed by atoms with Gasteiger partial charge in [0.05, 0.1) is 18.3 Å². The van der Waals surface area contributed by atoms with E-state index in [9.17, 15) is 4.79 Å². The van der Waals surface area contributed by atoms with Crippen LogP contribution in [-0.4, -0.2) is 35.4 Å². The highest BCUT2D eigenvalue weighted by Gasteiger charge is 2.23. The standard InChI is InChI=1S/C13H19N3O.2ClH/c1-16(10-11-6-2-4-8-14-11)13(17)12-7-3-5-9-15-12;;/h2,4,6,8,12,15H,3,5,7,9-10H2,1H3;2*1H/t12-;;/m1../s1. The first-order valence-electron chi connectivity index (χ1n) is 6.15. The van der Waals surface area contributed by atoms with Crippen molar-refractivity contribution in [3.8, 4) is 0 Å². The number of hydrogen-bond acceptors (Lipinski definition) is 3. The van der Waals surface area contributed by atoms with Crippen molar-refractivity contribution in [2.24, 2.45) is 0 Å². The molecule has 4 nitrogen and oxygen atoms in total. The molecule has 2 heterocycles. The molecule has 1 amide bonds. The monoisotopic (exact) mass is 305 g/mol. The number of likely N-dealkylation sites (N-methyl/N-ethyl adjacent to an activating group) is 1. The van der Waals surface area contributed by atoms with E-state index in [1.54, 1.807) is 11.1 Å². The number of hydrogen-bond donors (Lipinski definition) is 1. The van der Waals surface area contributed by atoms with Gasteiger partial charge in [-0.15, -0.1) is 24.8 Å². The minimum atomic E-state index is -0.00235. The molecule has 0 aromatic carbocycles. The van der Waals surface area contributed by atoms with Gasteiger partial charge in [-0.25, -0.2) is 0 Å². The Bertz CT molecular complexity index is 369. The number of nitrogens with zero attached hydrogens (tertiary/aromatic N) is 2.